The van der Waals surface area contributed by atoms with E-state index in [4.69, 9.17) is 9.47 Å². The van der Waals surface area contributed by atoms with Crippen molar-refractivity contribution in [3.05, 3.63) is 11.6 Å². The van der Waals surface area contributed by atoms with Gasteiger partial charge in [-0.05, 0) is 6.92 Å². The van der Waals surface area contributed by atoms with E-state index in [0.717, 1.165) is 13.1 Å². The molecule has 1 heterocycles. The fourth-order valence-electron chi connectivity index (χ4n) is 1.93. The molecule has 0 bridgehead atoms. The average molecular weight is 243 g/mol. The monoisotopic (exact) mass is 243 g/mol. The number of hydrogen-bond donors (Lipinski definition) is 0. The second kappa shape index (κ2) is 6.74. The van der Waals surface area contributed by atoms with E-state index in [1.807, 2.05) is 6.08 Å². The van der Waals surface area contributed by atoms with Crippen molar-refractivity contribution in [1.82, 2.24) is 4.90 Å². The Bertz CT molecular complexity index is 278. The van der Waals surface area contributed by atoms with Crippen molar-refractivity contribution in [2.45, 2.75) is 19.1 Å². The number of ether oxygens (including phenoxy) is 3. The van der Waals surface area contributed by atoms with E-state index in [1.54, 1.807) is 21.1 Å². The number of rotatable bonds is 5. The summed E-state index contributed by atoms with van der Waals surface area (Å²) in [4.78, 5) is 13.4. The van der Waals surface area contributed by atoms with Crippen LogP contribution in [0.2, 0.25) is 0 Å². The first kappa shape index (κ1) is 14.2. The van der Waals surface area contributed by atoms with Gasteiger partial charge in [-0.1, -0.05) is 6.08 Å². The van der Waals surface area contributed by atoms with Crippen LogP contribution in [-0.4, -0.2) is 64.0 Å². The highest BCUT2D eigenvalue weighted by atomic mass is 16.5. The van der Waals surface area contributed by atoms with Gasteiger partial charge in [0.2, 0.25) is 0 Å². The van der Waals surface area contributed by atoms with E-state index in [1.165, 1.54) is 7.11 Å². The lowest BCUT2D eigenvalue weighted by Crippen LogP contribution is -2.27. The average Bonchev–Trinajstić information content (AvgIpc) is 2.77. The first-order valence-corrected chi connectivity index (χ1v) is 5.65. The van der Waals surface area contributed by atoms with Gasteiger partial charge in [0, 0.05) is 39.4 Å². The highest BCUT2D eigenvalue weighted by Crippen LogP contribution is 2.15. The summed E-state index contributed by atoms with van der Waals surface area (Å²) < 4.78 is 15.3. The van der Waals surface area contributed by atoms with E-state index in [9.17, 15) is 4.79 Å². The fraction of sp³-hybridized carbons (Fsp3) is 0.750. The molecule has 0 radical (unpaired) electrons. The molecule has 2 atom stereocenters. The van der Waals surface area contributed by atoms with Crippen molar-refractivity contribution in [3.8, 4) is 0 Å². The van der Waals surface area contributed by atoms with Gasteiger partial charge in [0.1, 0.15) is 0 Å². The molecule has 0 spiro atoms. The van der Waals surface area contributed by atoms with Crippen LogP contribution in [0.4, 0.5) is 0 Å². The minimum atomic E-state index is -0.282. The Morgan fingerprint density at radius 3 is 2.18 bits per heavy atom. The Morgan fingerprint density at radius 1 is 1.24 bits per heavy atom. The molecule has 0 aliphatic carbocycles. The molecule has 17 heavy (non-hydrogen) atoms. The number of likely N-dealkylation sites (tertiary alicyclic amines) is 1. The van der Waals surface area contributed by atoms with Gasteiger partial charge in [-0.3, -0.25) is 4.90 Å². The van der Waals surface area contributed by atoms with Crippen LogP contribution in [0.25, 0.3) is 0 Å². The SMILES string of the molecule is COC(=O)/C(C)=C\CN1CC(OC)C(OC)C1. The maximum absolute atomic E-state index is 11.2. The van der Waals surface area contributed by atoms with Gasteiger partial charge in [-0.15, -0.1) is 0 Å². The van der Waals surface area contributed by atoms with Crippen molar-refractivity contribution in [2.24, 2.45) is 0 Å². The maximum atomic E-state index is 11.2. The van der Waals surface area contributed by atoms with Gasteiger partial charge in [-0.2, -0.15) is 0 Å². The number of methoxy groups -OCH3 is 3. The van der Waals surface area contributed by atoms with Crippen molar-refractivity contribution in [3.63, 3.8) is 0 Å². The van der Waals surface area contributed by atoms with Crippen LogP contribution in [0.5, 0.6) is 0 Å². The second-order valence-electron chi connectivity index (χ2n) is 4.15. The zero-order valence-corrected chi connectivity index (χ0v) is 10.9. The van der Waals surface area contributed by atoms with Gasteiger partial charge in [-0.25, -0.2) is 4.79 Å². The van der Waals surface area contributed by atoms with Crippen LogP contribution < -0.4 is 0 Å². The highest BCUT2D eigenvalue weighted by molar-refractivity contribution is 5.87. The first-order valence-electron chi connectivity index (χ1n) is 5.65. The summed E-state index contributed by atoms with van der Waals surface area (Å²) in [5.74, 6) is -0.282. The van der Waals surface area contributed by atoms with E-state index < -0.39 is 0 Å². The highest BCUT2D eigenvalue weighted by Gasteiger charge is 2.32. The van der Waals surface area contributed by atoms with Crippen molar-refractivity contribution < 1.29 is 19.0 Å². The third-order valence-electron chi connectivity index (χ3n) is 3.06. The maximum Gasteiger partial charge on any atom is 0.333 e. The van der Waals surface area contributed by atoms with E-state index in [0.29, 0.717) is 12.1 Å². The third kappa shape index (κ3) is 3.80. The smallest absolute Gasteiger partial charge is 0.333 e. The molecule has 0 aromatic carbocycles. The Hall–Kier alpha value is -0.910. The minimum absolute atomic E-state index is 0.104. The molecule has 1 aliphatic rings. The molecule has 0 amide bonds. The molecule has 98 valence electrons. The largest absolute Gasteiger partial charge is 0.466 e. The van der Waals surface area contributed by atoms with Gasteiger partial charge in [0.05, 0.1) is 19.3 Å². The summed E-state index contributed by atoms with van der Waals surface area (Å²) in [5.41, 5.74) is 0.627. The zero-order chi connectivity index (χ0) is 12.8. The van der Waals surface area contributed by atoms with Gasteiger partial charge >= 0.3 is 5.97 Å². The second-order valence-corrected chi connectivity index (χ2v) is 4.15. The molecule has 5 heteroatoms. The minimum Gasteiger partial charge on any atom is -0.466 e. The van der Waals surface area contributed by atoms with Crippen LogP contribution in [-0.2, 0) is 19.0 Å². The van der Waals surface area contributed by atoms with Gasteiger partial charge in [0.15, 0.2) is 0 Å². The lowest BCUT2D eigenvalue weighted by molar-refractivity contribution is -0.136. The summed E-state index contributed by atoms with van der Waals surface area (Å²) in [5, 5.41) is 0. The summed E-state index contributed by atoms with van der Waals surface area (Å²) in [7, 11) is 4.77. The quantitative estimate of drug-likeness (QED) is 0.518. The van der Waals surface area contributed by atoms with Crippen LogP contribution in [0.15, 0.2) is 11.6 Å². The van der Waals surface area contributed by atoms with Crippen molar-refractivity contribution in [2.75, 3.05) is 41.0 Å². The molecule has 0 aromatic heterocycles. The molecule has 0 saturated carbocycles. The summed E-state index contributed by atoms with van der Waals surface area (Å²) in [6, 6.07) is 0. The molecule has 2 unspecified atom stereocenters. The van der Waals surface area contributed by atoms with Crippen molar-refractivity contribution >= 4 is 5.97 Å². The zero-order valence-electron chi connectivity index (χ0n) is 10.9. The van der Waals surface area contributed by atoms with Crippen LogP contribution in [0.3, 0.4) is 0 Å². The predicted molar refractivity (Wildman–Crippen MR) is 63.8 cm³/mol. The number of esters is 1. The summed E-state index contributed by atoms with van der Waals surface area (Å²) in [6.45, 7) is 4.10. The third-order valence-corrected chi connectivity index (χ3v) is 3.06. The van der Waals surface area contributed by atoms with E-state index in [2.05, 4.69) is 9.64 Å². The topological polar surface area (TPSA) is 48.0 Å². The Kier molecular flexibility index (Phi) is 5.61. The van der Waals surface area contributed by atoms with Crippen LogP contribution in [0, 0.1) is 0 Å². The lowest BCUT2D eigenvalue weighted by Gasteiger charge is -2.13. The van der Waals surface area contributed by atoms with E-state index in [-0.39, 0.29) is 18.2 Å². The van der Waals surface area contributed by atoms with Crippen LogP contribution >= 0.6 is 0 Å². The number of hydrogen-bond acceptors (Lipinski definition) is 5. The van der Waals surface area contributed by atoms with Gasteiger partial charge < -0.3 is 14.2 Å². The first-order chi connectivity index (χ1) is 8.12. The number of carbonyl (C=O) groups is 1. The fourth-order valence-corrected chi connectivity index (χ4v) is 1.93. The Balaban J connectivity index is 2.47. The summed E-state index contributed by atoms with van der Waals surface area (Å²) >= 11 is 0. The number of carbonyl (C=O) groups excluding carboxylic acids is 1. The van der Waals surface area contributed by atoms with Crippen LogP contribution in [0.1, 0.15) is 6.92 Å². The summed E-state index contributed by atoms with van der Waals surface area (Å²) in [6.07, 6.45) is 2.08. The molecule has 1 fully saturated rings. The Morgan fingerprint density at radius 2 is 1.76 bits per heavy atom. The van der Waals surface area contributed by atoms with Crippen molar-refractivity contribution in [1.29, 1.82) is 0 Å². The Labute approximate surface area is 102 Å². The molecule has 0 aromatic rings. The molecule has 1 aliphatic heterocycles. The predicted octanol–water partition coefficient (Wildman–Crippen LogP) is 0.451. The molecule has 0 N–H and O–H groups in total. The molecular formula is C12H21NO4. The number of nitrogens with zero attached hydrogens (tertiary/aromatic N) is 1. The molecule has 5 nitrogen and oxygen atoms in total. The standard InChI is InChI=1S/C12H21NO4/c1-9(12(14)17-4)5-6-13-7-10(15-2)11(8-13)16-3/h5,10-11H,6-8H2,1-4H3/b9-5-. The lowest BCUT2D eigenvalue weighted by atomic mass is 10.3. The normalized spacial score (nSPS) is 26.2. The molecule has 1 saturated heterocycles. The molecular weight excluding hydrogens is 222 g/mol. The van der Waals surface area contributed by atoms with Gasteiger partial charge in [0.25, 0.3) is 0 Å². The van der Waals surface area contributed by atoms with E-state index >= 15 is 0 Å². The molecule has 1 rings (SSSR count).